The first-order chi connectivity index (χ1) is 92.9. The van der Waals surface area contributed by atoms with Crippen molar-refractivity contribution < 1.29 is 202 Å². The average molecular weight is 1770 g/mol. The third kappa shape index (κ3) is 23.8. The van der Waals surface area contributed by atoms with Crippen molar-refractivity contribution in [2.45, 2.75) is 259 Å². The highest BCUT2D eigenvalue weighted by Gasteiger charge is 2.47. The van der Waals surface area contributed by atoms with Crippen LogP contribution in [0.4, 0.5) is 0 Å². The van der Waals surface area contributed by atoms with Gasteiger partial charge in [0.2, 0.25) is 0 Å². The van der Waals surface area contributed by atoms with Gasteiger partial charge in [0, 0.05) is 224 Å². The van der Waals surface area contributed by atoms with Crippen LogP contribution in [0.1, 0.15) is 356 Å². The number of hydrogen-bond acceptors (Lipinski definition) is 24. The van der Waals surface area contributed by atoms with E-state index < -0.39 is 497 Å². The second kappa shape index (κ2) is 43.9. The smallest absolute Gasteiger partial charge is 0.323 e. The summed E-state index contributed by atoms with van der Waals surface area (Å²) >= 11 is 0. The lowest BCUT2D eigenvalue weighted by Crippen LogP contribution is -2.51. The number of methoxy groups -OCH3 is 8. The number of carbonyl (C=O) groups is 4. The highest BCUT2D eigenvalue weighted by atomic mass is 16.6. The van der Waals surface area contributed by atoms with Crippen LogP contribution >= 0.6 is 0 Å². The van der Waals surface area contributed by atoms with Gasteiger partial charge in [0.25, 0.3) is 0 Å². The van der Waals surface area contributed by atoms with Crippen molar-refractivity contribution in [1.82, 2.24) is 19.6 Å². The number of nitrogens with two attached hydrogens (primary N) is 4. The molecule has 0 bridgehead atoms. The fraction of sp³-hybridized carbons (Fsp3) is 0.708. The lowest BCUT2D eigenvalue weighted by Gasteiger charge is -2.47. The van der Waals surface area contributed by atoms with Crippen LogP contribution < -0.4 is 60.8 Å². The maximum atomic E-state index is 13.9. The van der Waals surface area contributed by atoms with Crippen molar-refractivity contribution in [3.8, 4) is 46.0 Å². The summed E-state index contributed by atoms with van der Waals surface area (Å²) in [6, 6.07) is -33.0. The Kier molecular flexibility index (Phi) is 11.4. The third-order valence-electron chi connectivity index (χ3n) is 17.6. The number of fused-ring (bicyclic) bond motifs is 12. The molecule has 4 aromatic carbocycles. The molecule has 0 radical (unpaired) electrons. The molecular formula is C96H152N8O16. The Morgan fingerprint density at radius 2 is 0.608 bits per heavy atom. The Morgan fingerprint density at radius 1 is 0.375 bits per heavy atom. The van der Waals surface area contributed by atoms with Gasteiger partial charge in [-0.05, 0) is 191 Å². The van der Waals surface area contributed by atoms with Crippen molar-refractivity contribution >= 4 is 23.9 Å². The lowest BCUT2D eigenvalue weighted by atomic mass is 9.79. The number of nitrogens with zero attached hydrogens (tertiary/aromatic N) is 4. The molecule has 4 saturated heterocycles. The minimum atomic E-state index is -4.71. The molecule has 8 N–H and O–H groups in total. The number of rotatable bonds is 28. The second-order valence-corrected chi connectivity index (χ2v) is 25.8. The van der Waals surface area contributed by atoms with Crippen molar-refractivity contribution in [2.24, 2.45) is 93.7 Å². The van der Waals surface area contributed by atoms with E-state index in [2.05, 4.69) is 0 Å². The van der Waals surface area contributed by atoms with Crippen molar-refractivity contribution in [3.63, 3.8) is 0 Å². The molecule has 120 heavy (non-hydrogen) atoms. The minimum absolute atomic E-state index is 0.111. The summed E-state index contributed by atoms with van der Waals surface area (Å²) in [4.78, 5) is 57.3. The maximum absolute atomic E-state index is 13.9. The topological polar surface area (TPSA) is 296 Å². The van der Waals surface area contributed by atoms with E-state index in [0.717, 1.165) is 42.7 Å². The van der Waals surface area contributed by atoms with Gasteiger partial charge in [-0.1, -0.05) is 110 Å². The molecule has 20 atom stereocenters. The Balaban J connectivity index is 0.000000305. The van der Waals surface area contributed by atoms with Gasteiger partial charge in [-0.2, -0.15) is 0 Å². The molecule has 24 heteroatoms. The first-order valence-corrected chi connectivity index (χ1v) is 35.2. The van der Waals surface area contributed by atoms with E-state index in [1.165, 1.54) is 0 Å². The monoisotopic (exact) mass is 1770 g/mol. The predicted molar refractivity (Wildman–Crippen MR) is 471 cm³/mol. The van der Waals surface area contributed by atoms with E-state index in [9.17, 15) is 49.3 Å². The number of carbonyl (C=O) groups excluding carboxylic acids is 4. The average Bonchev–Trinajstić information content (AvgIpc) is 0.622. The predicted octanol–water partition coefficient (Wildman–Crippen LogP) is 14.3. The Bertz CT molecular complexity index is 8340. The Labute approximate surface area is 848 Å². The summed E-state index contributed by atoms with van der Waals surface area (Å²) in [6.07, 6.45) is -50.5. The van der Waals surface area contributed by atoms with Crippen molar-refractivity contribution in [3.05, 3.63) is 92.8 Å². The fourth-order valence-corrected chi connectivity index (χ4v) is 12.2. The van der Waals surface area contributed by atoms with Crippen LogP contribution in [0.2, 0.25) is 0 Å². The molecular weight excluding hydrogens is 1520 g/mol. The zero-order valence-electron chi connectivity index (χ0n) is 158. The number of hydrogen-bond donors (Lipinski definition) is 4. The molecule has 0 amide bonds. The van der Waals surface area contributed by atoms with Gasteiger partial charge in [-0.3, -0.25) is 38.8 Å². The summed E-state index contributed by atoms with van der Waals surface area (Å²) in [5.41, 5.74) is 18.8. The largest absolute Gasteiger partial charge is 0.493 e. The highest BCUT2D eigenvalue weighted by Crippen LogP contribution is 2.50. The second-order valence-electron chi connectivity index (χ2n) is 25.8. The number of benzene rings is 4. The van der Waals surface area contributed by atoms with E-state index in [-0.39, 0.29) is 34.6 Å². The van der Waals surface area contributed by atoms with Crippen LogP contribution in [-0.4, -0.2) is 201 Å². The highest BCUT2D eigenvalue weighted by molar-refractivity contribution is 5.77. The molecule has 4 fully saturated rings. The van der Waals surface area contributed by atoms with E-state index >= 15 is 0 Å². The van der Waals surface area contributed by atoms with Crippen LogP contribution in [0, 0.1) is 70.7 Å². The van der Waals surface area contributed by atoms with E-state index in [1.807, 2.05) is 0 Å². The van der Waals surface area contributed by atoms with Crippen LogP contribution in [-0.2, 0) is 63.8 Å². The molecule has 8 aliphatic rings. The standard InChI is InChI=1S/4C24H38N2O4/c4*1-14(2)9-17-13-26-8-7-16-10-21(28-5)22(29-6)11-18(16)19(26)12-20(17)30-24(27)23(25)15(3)4/h4*10-11,14-15,17,19-20,23H,7-9,12-13,25H2,1-6H3/t4*17?,19?,20?,23-/m0000/s1/i1D3,3D3,4D3,5D3,9D2,10D,11D,12D2,13D2,14D,15D,17D,20D,23D;1D3,3D3,4D3,9D2,10D,11D,12D2,13D2,14D,15D,17D,20D,23D;1D3,3D3,4D3,5D3,9D2,10D,11D,12D2,13D2,14D,15D,17D,23D;1D3,3D3,4D3,9D2,10D,11D,12D2,13D2,14D,15D,17D,23D/t4*14?,17?,19?,20?,23-. The van der Waals surface area contributed by atoms with Crippen molar-refractivity contribution in [1.29, 1.82) is 0 Å². The molecule has 12 rings (SSSR count). The number of ether oxygens (including phenoxy) is 12. The van der Waals surface area contributed by atoms with Crippen LogP contribution in [0.3, 0.4) is 0 Å². The molecule has 0 spiro atoms. The van der Waals surface area contributed by atoms with E-state index in [0.29, 0.717) is 47.3 Å². The summed E-state index contributed by atoms with van der Waals surface area (Å²) < 4.78 is 833. The first kappa shape index (κ1) is 31.2. The molecule has 0 aromatic heterocycles. The van der Waals surface area contributed by atoms with Gasteiger partial charge >= 0.3 is 23.9 Å². The van der Waals surface area contributed by atoms with Gasteiger partial charge in [-0.25, -0.2) is 0 Å². The summed E-state index contributed by atoms with van der Waals surface area (Å²) in [6.45, 7) is -65.0. The number of esters is 4. The van der Waals surface area contributed by atoms with Gasteiger partial charge in [0.05, 0.1) is 84.1 Å². The molecule has 0 aliphatic carbocycles. The zero-order chi connectivity index (χ0) is 168. The van der Waals surface area contributed by atoms with E-state index in [4.69, 9.17) is 176 Å². The van der Waals surface area contributed by atoms with Crippen LogP contribution in [0.25, 0.3) is 0 Å². The van der Waals surface area contributed by atoms with Crippen LogP contribution in [0.5, 0.6) is 46.0 Å². The zero-order valence-corrected chi connectivity index (χ0v) is 65.8. The van der Waals surface area contributed by atoms with E-state index in [1.54, 1.807) is 0 Å². The normalized spacial score (nSPS) is 48.5. The molecule has 8 aliphatic heterocycles. The third-order valence-corrected chi connectivity index (χ3v) is 17.6. The van der Waals surface area contributed by atoms with Gasteiger partial charge in [-0.15, -0.1) is 0 Å². The molecule has 4 aromatic rings. The summed E-state index contributed by atoms with van der Waals surface area (Å²) in [7, 11) is -0.297. The van der Waals surface area contributed by atoms with Crippen LogP contribution in [0.15, 0.2) is 48.3 Å². The minimum Gasteiger partial charge on any atom is -0.493 e. The first-order valence-electron chi connectivity index (χ1n) is 81.2. The summed E-state index contributed by atoms with van der Waals surface area (Å²) in [5.74, 6) is -64.6. The molecule has 24 nitrogen and oxygen atoms in total. The Hall–Kier alpha value is -7.16. The number of piperidine rings is 4. The molecule has 16 unspecified atom stereocenters. The molecule has 8 heterocycles. The fourth-order valence-electron chi connectivity index (χ4n) is 12.2. The lowest BCUT2D eigenvalue weighted by molar-refractivity contribution is -0.161. The maximum Gasteiger partial charge on any atom is 0.323 e. The summed E-state index contributed by atoms with van der Waals surface area (Å²) in [5, 5.41) is 0. The van der Waals surface area contributed by atoms with Gasteiger partial charge in [0.15, 0.2) is 46.0 Å². The van der Waals surface area contributed by atoms with Gasteiger partial charge in [0.1, 0.15) is 48.4 Å². The Morgan fingerprint density at radius 3 is 0.858 bits per heavy atom. The SMILES string of the molecule is [2H]c1c2c(c([2H])c(OC)c1OC([2H])([2H])[2H])C1N(CC2)C([2H])([2H])C([2H])(C([2H])([2H])C([2H])(C)C([2H])([2H])[2H])C(OC(=O)[C@@]([2H])(N)C([2H])(C([2H])([2H])[2H])C([2H])([2H])[2H])C1([2H])[2H].[2H]c1c2c(c([2H])c(OC)c1OC([2H])([2H])[2H])C1N(CC2)C([2H])([2H])C([2H])(C([2H])([2H])C([2H])(C)C([2H])([2H])[2H])C([2H])(OC(=O)[C@@]([2H])(N)C([2H])(C([2H])([2H])[2H])C([2H])([2H])[2H])C1([2H])[2H].[2H]c1c2c(c([2H])c(OC)c1OC)C1N(CC2)C([2H])([2H])C([2H])(C([2H])([2H])C([2H])(C)C([2H])([2H])[2H])C(OC(=O)[C@@]([2H])(N)C([2H])(C([2H])([2H])[2H])C([2H])([2H])[2H])C1([2H])[2H].[2H]c1c2c(c([2H])c(OC)c1OC)C1N(CC2)C([2H])([2H])C([2H])(C([2H])([2H])C([2H])(C)C([2H])([2H])[2H])C([2H])(OC(=O)[C@@]([2H])(N)C([2H])(C([2H])([2H])[2H])C([2H])([2H])[2H])C1([2H])[2H]. The molecule has 0 saturated carbocycles. The van der Waals surface area contributed by atoms with Crippen molar-refractivity contribution in [2.75, 3.05) is 109 Å². The van der Waals surface area contributed by atoms with Gasteiger partial charge < -0.3 is 79.8 Å². The molecule has 672 valence electrons. The quantitative estimate of drug-likeness (QED) is 0.0303.